The van der Waals surface area contributed by atoms with Gasteiger partial charge in [-0.15, -0.1) is 0 Å². The van der Waals surface area contributed by atoms with Gasteiger partial charge in [0.05, 0.1) is 6.04 Å². The van der Waals surface area contributed by atoms with Gasteiger partial charge in [-0.05, 0) is 12.5 Å². The summed E-state index contributed by atoms with van der Waals surface area (Å²) in [6.07, 6.45) is 0. The number of benzene rings is 1. The first-order chi connectivity index (χ1) is 6.91. The summed E-state index contributed by atoms with van der Waals surface area (Å²) in [4.78, 5) is 11.8. The molecule has 0 fully saturated rings. The van der Waals surface area contributed by atoms with Gasteiger partial charge >= 0.3 is 0 Å². The molecule has 82 valence electrons. The predicted octanol–water partition coefficient (Wildman–Crippen LogP) is 3.38. The maximum absolute atomic E-state index is 11.8. The van der Waals surface area contributed by atoms with Crippen LogP contribution in [-0.4, -0.2) is 13.6 Å². The minimum Gasteiger partial charge on any atom is -0.354 e. The standard InChI is InChI=1S/C12H19NOSi/c1-10(11-8-6-5-7-9-11)13-12(14)15(2,3)4/h5-10H,1-4H3,(H,13,14). The number of carbonyl (C=O) groups is 1. The lowest BCUT2D eigenvalue weighted by Crippen LogP contribution is -2.43. The second kappa shape index (κ2) is 4.62. The van der Waals surface area contributed by atoms with Gasteiger partial charge in [0, 0.05) is 0 Å². The largest absolute Gasteiger partial charge is 0.354 e. The number of amides is 1. The normalized spacial score (nSPS) is 13.3. The molecule has 1 amide bonds. The van der Waals surface area contributed by atoms with Crippen LogP contribution in [0.3, 0.4) is 0 Å². The van der Waals surface area contributed by atoms with Crippen molar-refractivity contribution in [1.29, 1.82) is 0 Å². The lowest BCUT2D eigenvalue weighted by Gasteiger charge is -2.20. The lowest BCUT2D eigenvalue weighted by molar-refractivity contribution is 0.255. The summed E-state index contributed by atoms with van der Waals surface area (Å²) >= 11 is 0. The van der Waals surface area contributed by atoms with Crippen LogP contribution in [0.1, 0.15) is 18.5 Å². The molecule has 2 nitrogen and oxygen atoms in total. The van der Waals surface area contributed by atoms with Crippen molar-refractivity contribution in [3.8, 4) is 0 Å². The summed E-state index contributed by atoms with van der Waals surface area (Å²) in [5.41, 5.74) is 1.38. The zero-order valence-electron chi connectivity index (χ0n) is 9.87. The fourth-order valence-corrected chi connectivity index (χ4v) is 1.89. The van der Waals surface area contributed by atoms with E-state index >= 15 is 0 Å². The van der Waals surface area contributed by atoms with Crippen LogP contribution in [0.15, 0.2) is 30.3 Å². The quantitative estimate of drug-likeness (QED) is 0.779. The first-order valence-corrected chi connectivity index (χ1v) is 8.77. The Hall–Kier alpha value is -1.09. The summed E-state index contributed by atoms with van der Waals surface area (Å²) in [6.45, 7) is 8.19. The molecule has 1 rings (SSSR count). The fourth-order valence-electron chi connectivity index (χ4n) is 1.24. The van der Waals surface area contributed by atoms with Gasteiger partial charge < -0.3 is 5.32 Å². The van der Waals surface area contributed by atoms with E-state index in [4.69, 9.17) is 0 Å². The third kappa shape index (κ3) is 3.51. The SMILES string of the molecule is CC(NC(=O)[Si](C)(C)C)c1ccccc1. The summed E-state index contributed by atoms with van der Waals surface area (Å²) in [6, 6.07) is 10.1. The van der Waals surface area contributed by atoms with Gasteiger partial charge in [0.1, 0.15) is 0 Å². The van der Waals surface area contributed by atoms with Crippen molar-refractivity contribution in [2.45, 2.75) is 32.6 Å². The molecule has 3 heteroatoms. The molecule has 0 radical (unpaired) electrons. The zero-order valence-corrected chi connectivity index (χ0v) is 10.9. The van der Waals surface area contributed by atoms with Crippen molar-refractivity contribution >= 4 is 13.6 Å². The van der Waals surface area contributed by atoms with E-state index < -0.39 is 8.07 Å². The average Bonchev–Trinajstić information content (AvgIpc) is 2.17. The number of hydrogen-bond donors (Lipinski definition) is 1. The van der Waals surface area contributed by atoms with Gasteiger partial charge in [0.2, 0.25) is 0 Å². The summed E-state index contributed by atoms with van der Waals surface area (Å²) < 4.78 is 0. The van der Waals surface area contributed by atoms with Crippen LogP contribution in [0.5, 0.6) is 0 Å². The van der Waals surface area contributed by atoms with Crippen molar-refractivity contribution < 1.29 is 4.79 Å². The van der Waals surface area contributed by atoms with Crippen molar-refractivity contribution in [3.63, 3.8) is 0 Å². The Morgan fingerprint density at radius 1 is 1.20 bits per heavy atom. The molecule has 0 saturated carbocycles. The molecule has 0 heterocycles. The summed E-state index contributed by atoms with van der Waals surface area (Å²) in [5.74, 6) is 0. The van der Waals surface area contributed by atoms with Crippen LogP contribution < -0.4 is 5.32 Å². The second-order valence-electron chi connectivity index (χ2n) is 4.86. The van der Waals surface area contributed by atoms with Crippen molar-refractivity contribution in [2.24, 2.45) is 0 Å². The number of carbonyl (C=O) groups excluding carboxylic acids is 1. The molecule has 0 bridgehead atoms. The lowest BCUT2D eigenvalue weighted by atomic mass is 10.1. The van der Waals surface area contributed by atoms with E-state index in [2.05, 4.69) is 25.0 Å². The Kier molecular flexibility index (Phi) is 3.69. The summed E-state index contributed by atoms with van der Waals surface area (Å²) in [5, 5.41) is 3.06. The molecule has 1 aromatic carbocycles. The van der Waals surface area contributed by atoms with Gasteiger partial charge in [-0.3, -0.25) is 4.79 Å². The maximum atomic E-state index is 11.8. The molecule has 1 N–H and O–H groups in total. The highest BCUT2D eigenvalue weighted by molar-refractivity contribution is 7.03. The van der Waals surface area contributed by atoms with Crippen LogP contribution in [0, 0.1) is 0 Å². The monoisotopic (exact) mass is 221 g/mol. The van der Waals surface area contributed by atoms with E-state index in [1.54, 1.807) is 0 Å². The molecule has 1 atom stereocenters. The molecular weight excluding hydrogens is 202 g/mol. The smallest absolute Gasteiger partial charge is 0.192 e. The van der Waals surface area contributed by atoms with Crippen LogP contribution in [-0.2, 0) is 0 Å². The number of hydrogen-bond acceptors (Lipinski definition) is 1. The van der Waals surface area contributed by atoms with Crippen LogP contribution in [0.25, 0.3) is 0 Å². The molecule has 0 aliphatic heterocycles. The minimum atomic E-state index is -1.71. The number of rotatable bonds is 3. The molecule has 1 aromatic rings. The minimum absolute atomic E-state index is 0.102. The van der Waals surface area contributed by atoms with Crippen molar-refractivity contribution in [2.75, 3.05) is 0 Å². The Bertz CT molecular complexity index is 329. The Balaban J connectivity index is 2.65. The third-order valence-corrected chi connectivity index (χ3v) is 3.84. The Labute approximate surface area is 92.7 Å². The van der Waals surface area contributed by atoms with Gasteiger partial charge in [-0.1, -0.05) is 50.0 Å². The molecule has 0 aromatic heterocycles. The van der Waals surface area contributed by atoms with E-state index in [9.17, 15) is 4.79 Å². The van der Waals surface area contributed by atoms with Gasteiger partial charge in [0.25, 0.3) is 0 Å². The van der Waals surface area contributed by atoms with E-state index in [0.717, 1.165) is 5.56 Å². The zero-order chi connectivity index (χ0) is 11.5. The second-order valence-corrected chi connectivity index (χ2v) is 9.81. The molecule has 0 aliphatic carbocycles. The first-order valence-electron chi connectivity index (χ1n) is 5.27. The average molecular weight is 221 g/mol. The first kappa shape index (κ1) is 12.0. The highest BCUT2D eigenvalue weighted by Gasteiger charge is 2.25. The molecule has 0 aliphatic rings. The molecule has 15 heavy (non-hydrogen) atoms. The molecule has 0 saturated heterocycles. The van der Waals surface area contributed by atoms with Crippen molar-refractivity contribution in [3.05, 3.63) is 35.9 Å². The topological polar surface area (TPSA) is 29.1 Å². The van der Waals surface area contributed by atoms with E-state index in [0.29, 0.717) is 0 Å². The van der Waals surface area contributed by atoms with Crippen LogP contribution in [0.4, 0.5) is 4.79 Å². The van der Waals surface area contributed by atoms with E-state index in [1.165, 1.54) is 0 Å². The van der Waals surface area contributed by atoms with Gasteiger partial charge in [-0.25, -0.2) is 0 Å². The maximum Gasteiger partial charge on any atom is 0.192 e. The molecular formula is C12H19NOSi. The van der Waals surface area contributed by atoms with Crippen molar-refractivity contribution in [1.82, 2.24) is 5.32 Å². The van der Waals surface area contributed by atoms with Gasteiger partial charge in [0.15, 0.2) is 13.6 Å². The fraction of sp³-hybridized carbons (Fsp3) is 0.417. The predicted molar refractivity (Wildman–Crippen MR) is 66.7 cm³/mol. The van der Waals surface area contributed by atoms with E-state index in [1.807, 2.05) is 37.3 Å². The molecule has 0 spiro atoms. The molecule has 1 unspecified atom stereocenters. The van der Waals surface area contributed by atoms with Crippen LogP contribution >= 0.6 is 0 Å². The highest BCUT2D eigenvalue weighted by Crippen LogP contribution is 2.13. The Morgan fingerprint density at radius 2 is 1.73 bits per heavy atom. The highest BCUT2D eigenvalue weighted by atomic mass is 28.3. The third-order valence-electron chi connectivity index (χ3n) is 2.33. The Morgan fingerprint density at radius 3 is 2.20 bits per heavy atom. The van der Waals surface area contributed by atoms with Gasteiger partial charge in [-0.2, -0.15) is 0 Å². The number of nitrogens with one attached hydrogen (secondary N) is 1. The van der Waals surface area contributed by atoms with Crippen LogP contribution in [0.2, 0.25) is 19.6 Å². The summed E-state index contributed by atoms with van der Waals surface area (Å²) in [7, 11) is -1.71. The van der Waals surface area contributed by atoms with E-state index in [-0.39, 0.29) is 11.6 Å².